The lowest BCUT2D eigenvalue weighted by Gasteiger charge is -2.07. The molecule has 0 spiro atoms. The van der Waals surface area contributed by atoms with Gasteiger partial charge in [0, 0.05) is 11.4 Å². The zero-order valence-electron chi connectivity index (χ0n) is 12.6. The maximum absolute atomic E-state index is 11.9. The van der Waals surface area contributed by atoms with E-state index in [2.05, 4.69) is 15.1 Å². The van der Waals surface area contributed by atoms with E-state index in [0.29, 0.717) is 30.2 Å². The molecule has 0 aromatic carbocycles. The van der Waals surface area contributed by atoms with Gasteiger partial charge in [0.25, 0.3) is 5.95 Å². The standard InChI is InChI=1S/C13H19N5O2S/c1-5-10-12(21(14,19)20)11(6-2)18(17-10)13-15-8(3)7-9(4)16-13/h7H,5-6H2,1-4H3,(H2,14,19,20). The molecule has 2 aromatic heterocycles. The highest BCUT2D eigenvalue weighted by Gasteiger charge is 2.25. The lowest BCUT2D eigenvalue weighted by atomic mass is 10.2. The second-order valence-electron chi connectivity index (χ2n) is 4.84. The van der Waals surface area contributed by atoms with Gasteiger partial charge in [0.2, 0.25) is 10.0 Å². The van der Waals surface area contributed by atoms with Gasteiger partial charge < -0.3 is 0 Å². The molecule has 0 saturated heterocycles. The van der Waals surface area contributed by atoms with Crippen molar-refractivity contribution in [3.63, 3.8) is 0 Å². The number of primary sulfonamides is 1. The third kappa shape index (κ3) is 2.96. The Labute approximate surface area is 124 Å². The molecular formula is C13H19N5O2S. The molecule has 0 atom stereocenters. The van der Waals surface area contributed by atoms with Gasteiger partial charge in [0.05, 0.1) is 11.4 Å². The number of nitrogens with two attached hydrogens (primary N) is 1. The Morgan fingerprint density at radius 2 is 1.71 bits per heavy atom. The van der Waals surface area contributed by atoms with E-state index in [1.165, 1.54) is 4.68 Å². The molecule has 0 bridgehead atoms. The average Bonchev–Trinajstić information content (AvgIpc) is 2.75. The highest BCUT2D eigenvalue weighted by molar-refractivity contribution is 7.89. The van der Waals surface area contributed by atoms with E-state index >= 15 is 0 Å². The van der Waals surface area contributed by atoms with Crippen molar-refractivity contribution in [1.29, 1.82) is 0 Å². The predicted octanol–water partition coefficient (Wildman–Crippen LogP) is 1.05. The highest BCUT2D eigenvalue weighted by atomic mass is 32.2. The number of aromatic nitrogens is 4. The van der Waals surface area contributed by atoms with E-state index in [4.69, 9.17) is 5.14 Å². The summed E-state index contributed by atoms with van der Waals surface area (Å²) in [5.41, 5.74) is 2.55. The van der Waals surface area contributed by atoms with Crippen LogP contribution in [0.1, 0.15) is 36.6 Å². The van der Waals surface area contributed by atoms with Gasteiger partial charge in [-0.3, -0.25) is 0 Å². The second kappa shape index (κ2) is 5.53. The first kappa shape index (κ1) is 15.6. The number of hydrogen-bond acceptors (Lipinski definition) is 5. The Morgan fingerprint density at radius 1 is 1.14 bits per heavy atom. The fraction of sp³-hybridized carbons (Fsp3) is 0.462. The summed E-state index contributed by atoms with van der Waals surface area (Å²) in [7, 11) is -3.83. The molecule has 2 rings (SSSR count). The molecule has 0 aliphatic heterocycles. The molecule has 7 nitrogen and oxygen atoms in total. The minimum absolute atomic E-state index is 0.0928. The monoisotopic (exact) mass is 309 g/mol. The number of rotatable bonds is 4. The normalized spacial score (nSPS) is 11.9. The molecule has 0 radical (unpaired) electrons. The van der Waals surface area contributed by atoms with Crippen LogP contribution in [0.15, 0.2) is 11.0 Å². The molecule has 0 fully saturated rings. The summed E-state index contributed by atoms with van der Waals surface area (Å²) in [6, 6.07) is 1.85. The van der Waals surface area contributed by atoms with Crippen LogP contribution in [-0.4, -0.2) is 28.2 Å². The Kier molecular flexibility index (Phi) is 4.11. The van der Waals surface area contributed by atoms with Crippen LogP contribution >= 0.6 is 0 Å². The number of hydrogen-bond donors (Lipinski definition) is 1. The Bertz CT molecular complexity index is 760. The number of nitrogens with zero attached hydrogens (tertiary/aromatic N) is 4. The zero-order valence-corrected chi connectivity index (χ0v) is 13.4. The summed E-state index contributed by atoms with van der Waals surface area (Å²) in [5.74, 6) is 0.369. The highest BCUT2D eigenvalue weighted by Crippen LogP contribution is 2.22. The summed E-state index contributed by atoms with van der Waals surface area (Å²) in [6.45, 7) is 7.40. The first-order chi connectivity index (χ1) is 9.77. The summed E-state index contributed by atoms with van der Waals surface area (Å²) >= 11 is 0. The maximum Gasteiger partial charge on any atom is 0.251 e. The van der Waals surface area contributed by atoms with Crippen molar-refractivity contribution < 1.29 is 8.42 Å². The molecular weight excluding hydrogens is 290 g/mol. The first-order valence-electron chi connectivity index (χ1n) is 6.74. The van der Waals surface area contributed by atoms with Crippen molar-refractivity contribution >= 4 is 10.0 Å². The summed E-state index contributed by atoms with van der Waals surface area (Å²) in [5, 5.41) is 9.69. The molecule has 0 unspecified atom stereocenters. The summed E-state index contributed by atoms with van der Waals surface area (Å²) in [6.07, 6.45) is 0.936. The van der Waals surface area contributed by atoms with Gasteiger partial charge >= 0.3 is 0 Å². The molecule has 0 aliphatic carbocycles. The molecule has 21 heavy (non-hydrogen) atoms. The van der Waals surface area contributed by atoms with Gasteiger partial charge in [-0.2, -0.15) is 5.10 Å². The molecule has 0 amide bonds. The van der Waals surface area contributed by atoms with Crippen LogP contribution < -0.4 is 5.14 Å². The van der Waals surface area contributed by atoms with Crippen molar-refractivity contribution in [2.75, 3.05) is 0 Å². The van der Waals surface area contributed by atoms with Crippen molar-refractivity contribution in [3.05, 3.63) is 28.8 Å². The van der Waals surface area contributed by atoms with E-state index in [0.717, 1.165) is 11.4 Å². The van der Waals surface area contributed by atoms with E-state index in [1.54, 1.807) is 0 Å². The molecule has 114 valence electrons. The van der Waals surface area contributed by atoms with Crippen LogP contribution in [0.3, 0.4) is 0 Å². The molecule has 2 heterocycles. The Morgan fingerprint density at radius 3 is 2.14 bits per heavy atom. The lowest BCUT2D eigenvalue weighted by Crippen LogP contribution is -2.16. The van der Waals surface area contributed by atoms with Crippen LogP contribution in [0, 0.1) is 13.8 Å². The predicted molar refractivity (Wildman–Crippen MR) is 78.8 cm³/mol. The van der Waals surface area contributed by atoms with Gasteiger partial charge in [-0.05, 0) is 32.8 Å². The SMILES string of the molecule is CCc1nn(-c2nc(C)cc(C)n2)c(CC)c1S(N)(=O)=O. The van der Waals surface area contributed by atoms with Gasteiger partial charge in [-0.15, -0.1) is 0 Å². The van der Waals surface area contributed by atoms with E-state index in [9.17, 15) is 8.42 Å². The van der Waals surface area contributed by atoms with Crippen molar-refractivity contribution in [2.45, 2.75) is 45.4 Å². The number of aryl methyl sites for hydroxylation is 3. The van der Waals surface area contributed by atoms with E-state index < -0.39 is 10.0 Å². The molecule has 2 aromatic rings. The van der Waals surface area contributed by atoms with Crippen LogP contribution in [0.25, 0.3) is 5.95 Å². The Hall–Kier alpha value is -1.80. The average molecular weight is 309 g/mol. The smallest absolute Gasteiger partial charge is 0.225 e. The van der Waals surface area contributed by atoms with Gasteiger partial charge in [0.15, 0.2) is 0 Å². The quantitative estimate of drug-likeness (QED) is 0.909. The molecule has 0 saturated carbocycles. The van der Waals surface area contributed by atoms with Crippen molar-refractivity contribution in [2.24, 2.45) is 5.14 Å². The van der Waals surface area contributed by atoms with Gasteiger partial charge in [0.1, 0.15) is 4.90 Å². The fourth-order valence-electron chi connectivity index (χ4n) is 2.33. The third-order valence-electron chi connectivity index (χ3n) is 3.11. The maximum atomic E-state index is 11.9. The second-order valence-corrected chi connectivity index (χ2v) is 6.34. The fourth-order valence-corrected chi connectivity index (χ4v) is 3.40. The zero-order chi connectivity index (χ0) is 15.8. The van der Waals surface area contributed by atoms with Crippen molar-refractivity contribution in [1.82, 2.24) is 19.7 Å². The molecule has 2 N–H and O–H groups in total. The summed E-state index contributed by atoms with van der Waals surface area (Å²) < 4.78 is 25.2. The summed E-state index contributed by atoms with van der Waals surface area (Å²) in [4.78, 5) is 8.77. The Balaban J connectivity index is 2.78. The van der Waals surface area contributed by atoms with E-state index in [1.807, 2.05) is 33.8 Å². The van der Waals surface area contributed by atoms with Crippen LogP contribution in [-0.2, 0) is 22.9 Å². The molecule has 0 aliphatic rings. The topological polar surface area (TPSA) is 104 Å². The van der Waals surface area contributed by atoms with Crippen LogP contribution in [0.5, 0.6) is 0 Å². The number of sulfonamides is 1. The third-order valence-corrected chi connectivity index (χ3v) is 4.16. The van der Waals surface area contributed by atoms with Crippen LogP contribution in [0.2, 0.25) is 0 Å². The molecule has 8 heteroatoms. The lowest BCUT2D eigenvalue weighted by molar-refractivity contribution is 0.595. The largest absolute Gasteiger partial charge is 0.251 e. The van der Waals surface area contributed by atoms with E-state index in [-0.39, 0.29) is 4.90 Å². The van der Waals surface area contributed by atoms with Crippen molar-refractivity contribution in [3.8, 4) is 5.95 Å². The minimum Gasteiger partial charge on any atom is -0.225 e. The van der Waals surface area contributed by atoms with Gasteiger partial charge in [-0.1, -0.05) is 13.8 Å². The van der Waals surface area contributed by atoms with Crippen LogP contribution in [0.4, 0.5) is 0 Å². The first-order valence-corrected chi connectivity index (χ1v) is 8.28. The minimum atomic E-state index is -3.83. The van der Waals surface area contributed by atoms with Gasteiger partial charge in [-0.25, -0.2) is 28.2 Å².